The highest BCUT2D eigenvalue weighted by Gasteiger charge is 2.21. The number of nitrogens with one attached hydrogen (secondary N) is 1. The standard InChI is InChI=1S/C21H21ClN4O2/c1-14-18(19(22)26(24-14)17-7-5-4-6-8-17)20(27)23-13-15-9-11-16(12-10-15)21(28)25(2)3/h4-12H,13H2,1-3H3,(H,23,27). The molecule has 144 valence electrons. The normalized spacial score (nSPS) is 10.6. The van der Waals surface area contributed by atoms with Gasteiger partial charge in [-0.1, -0.05) is 41.9 Å². The van der Waals surface area contributed by atoms with Crippen molar-refractivity contribution in [2.45, 2.75) is 13.5 Å². The molecule has 0 aliphatic rings. The number of para-hydroxylation sites is 1. The van der Waals surface area contributed by atoms with Gasteiger partial charge in [-0.05, 0) is 36.8 Å². The Labute approximate surface area is 168 Å². The zero-order chi connectivity index (χ0) is 20.3. The molecule has 0 spiro atoms. The van der Waals surface area contributed by atoms with E-state index in [1.807, 2.05) is 42.5 Å². The van der Waals surface area contributed by atoms with Gasteiger partial charge in [-0.3, -0.25) is 9.59 Å². The second-order valence-electron chi connectivity index (χ2n) is 6.58. The average Bonchev–Trinajstić information content (AvgIpc) is 3.00. The molecular weight excluding hydrogens is 376 g/mol. The van der Waals surface area contributed by atoms with Crippen LogP contribution < -0.4 is 5.32 Å². The van der Waals surface area contributed by atoms with Gasteiger partial charge in [0.05, 0.1) is 16.9 Å². The fourth-order valence-electron chi connectivity index (χ4n) is 2.79. The van der Waals surface area contributed by atoms with Crippen molar-refractivity contribution in [1.82, 2.24) is 20.0 Å². The monoisotopic (exact) mass is 396 g/mol. The molecule has 0 saturated heterocycles. The van der Waals surface area contributed by atoms with Crippen molar-refractivity contribution in [1.29, 1.82) is 0 Å². The quantitative estimate of drug-likeness (QED) is 0.718. The van der Waals surface area contributed by atoms with Crippen molar-refractivity contribution < 1.29 is 9.59 Å². The summed E-state index contributed by atoms with van der Waals surface area (Å²) < 4.78 is 1.55. The Kier molecular flexibility index (Phi) is 5.80. The van der Waals surface area contributed by atoms with Crippen LogP contribution >= 0.6 is 11.6 Å². The van der Waals surface area contributed by atoms with Crippen molar-refractivity contribution in [2.75, 3.05) is 14.1 Å². The van der Waals surface area contributed by atoms with E-state index in [0.717, 1.165) is 11.3 Å². The second kappa shape index (κ2) is 8.27. The Morgan fingerprint density at radius 2 is 1.71 bits per heavy atom. The summed E-state index contributed by atoms with van der Waals surface area (Å²) in [4.78, 5) is 26.1. The van der Waals surface area contributed by atoms with E-state index in [4.69, 9.17) is 11.6 Å². The molecule has 0 aliphatic heterocycles. The summed E-state index contributed by atoms with van der Waals surface area (Å²) in [6.45, 7) is 2.07. The van der Waals surface area contributed by atoms with Gasteiger partial charge in [-0.25, -0.2) is 4.68 Å². The predicted octanol–water partition coefficient (Wildman–Crippen LogP) is 3.47. The third kappa shape index (κ3) is 4.07. The first-order chi connectivity index (χ1) is 13.4. The first-order valence-corrected chi connectivity index (χ1v) is 9.15. The van der Waals surface area contributed by atoms with E-state index < -0.39 is 0 Å². The first-order valence-electron chi connectivity index (χ1n) is 8.78. The summed E-state index contributed by atoms with van der Waals surface area (Å²) in [6.07, 6.45) is 0. The summed E-state index contributed by atoms with van der Waals surface area (Å²) in [5, 5.41) is 7.52. The van der Waals surface area contributed by atoms with Crippen LogP contribution in [-0.4, -0.2) is 40.6 Å². The maximum atomic E-state index is 12.7. The molecule has 3 aromatic rings. The van der Waals surface area contributed by atoms with Gasteiger partial charge in [0, 0.05) is 26.2 Å². The Morgan fingerprint density at radius 3 is 2.32 bits per heavy atom. The third-order valence-corrected chi connectivity index (χ3v) is 4.64. The van der Waals surface area contributed by atoms with Crippen molar-refractivity contribution >= 4 is 23.4 Å². The van der Waals surface area contributed by atoms with E-state index >= 15 is 0 Å². The fourth-order valence-corrected chi connectivity index (χ4v) is 3.15. The fraction of sp³-hybridized carbons (Fsp3) is 0.190. The van der Waals surface area contributed by atoms with Crippen molar-refractivity contribution in [2.24, 2.45) is 0 Å². The summed E-state index contributed by atoms with van der Waals surface area (Å²) in [5.41, 5.74) is 3.18. The van der Waals surface area contributed by atoms with Crippen LogP contribution in [-0.2, 0) is 6.54 Å². The Bertz CT molecular complexity index is 995. The maximum absolute atomic E-state index is 12.7. The van der Waals surface area contributed by atoms with Crippen molar-refractivity contribution in [3.63, 3.8) is 0 Å². The molecule has 0 saturated carbocycles. The molecule has 1 aromatic heterocycles. The number of rotatable bonds is 5. The van der Waals surface area contributed by atoms with Crippen LogP contribution in [0, 0.1) is 6.92 Å². The molecule has 0 radical (unpaired) electrons. The SMILES string of the molecule is Cc1nn(-c2ccccc2)c(Cl)c1C(=O)NCc1ccc(C(=O)N(C)C)cc1. The molecular formula is C21H21ClN4O2. The number of nitrogens with zero attached hydrogens (tertiary/aromatic N) is 3. The van der Waals surface area contributed by atoms with Crippen LogP contribution in [0.2, 0.25) is 5.15 Å². The number of hydrogen-bond acceptors (Lipinski definition) is 3. The number of aromatic nitrogens is 2. The number of carbonyl (C=O) groups is 2. The topological polar surface area (TPSA) is 67.2 Å². The molecule has 6 nitrogen and oxygen atoms in total. The minimum atomic E-state index is -0.293. The lowest BCUT2D eigenvalue weighted by molar-refractivity contribution is 0.0827. The van der Waals surface area contributed by atoms with Gasteiger partial charge in [0.2, 0.25) is 0 Å². The van der Waals surface area contributed by atoms with Gasteiger partial charge < -0.3 is 10.2 Å². The molecule has 0 fully saturated rings. The lowest BCUT2D eigenvalue weighted by atomic mass is 10.1. The van der Waals surface area contributed by atoms with Crippen LogP contribution in [0.25, 0.3) is 5.69 Å². The lowest BCUT2D eigenvalue weighted by Crippen LogP contribution is -2.24. The van der Waals surface area contributed by atoms with Gasteiger partial charge >= 0.3 is 0 Å². The summed E-state index contributed by atoms with van der Waals surface area (Å²) in [5.74, 6) is -0.357. The molecule has 1 N–H and O–H groups in total. The highest BCUT2D eigenvalue weighted by atomic mass is 35.5. The third-order valence-electron chi connectivity index (χ3n) is 4.29. The van der Waals surface area contributed by atoms with Crippen LogP contribution in [0.5, 0.6) is 0 Å². The average molecular weight is 397 g/mol. The smallest absolute Gasteiger partial charge is 0.256 e. The maximum Gasteiger partial charge on any atom is 0.256 e. The Balaban J connectivity index is 1.72. The zero-order valence-corrected chi connectivity index (χ0v) is 16.7. The van der Waals surface area contributed by atoms with E-state index in [0.29, 0.717) is 23.4 Å². The number of aryl methyl sites for hydroxylation is 1. The molecule has 7 heteroatoms. The number of carbonyl (C=O) groups excluding carboxylic acids is 2. The Morgan fingerprint density at radius 1 is 1.07 bits per heavy atom. The number of halogens is 1. The molecule has 0 bridgehead atoms. The van der Waals surface area contributed by atoms with E-state index in [1.54, 1.807) is 37.8 Å². The molecule has 1 heterocycles. The van der Waals surface area contributed by atoms with Crippen molar-refractivity contribution in [3.8, 4) is 5.69 Å². The second-order valence-corrected chi connectivity index (χ2v) is 6.94. The minimum Gasteiger partial charge on any atom is -0.348 e. The minimum absolute atomic E-state index is 0.0636. The molecule has 28 heavy (non-hydrogen) atoms. The molecule has 0 unspecified atom stereocenters. The highest BCUT2D eigenvalue weighted by Crippen LogP contribution is 2.23. The Hall–Kier alpha value is -3.12. The van der Waals surface area contributed by atoms with Gasteiger partial charge in [-0.2, -0.15) is 5.10 Å². The van der Waals surface area contributed by atoms with Crippen LogP contribution in [0.1, 0.15) is 32.0 Å². The molecule has 0 atom stereocenters. The van der Waals surface area contributed by atoms with Gasteiger partial charge in [-0.15, -0.1) is 0 Å². The van der Waals surface area contributed by atoms with E-state index in [2.05, 4.69) is 10.4 Å². The van der Waals surface area contributed by atoms with E-state index in [1.165, 1.54) is 4.90 Å². The highest BCUT2D eigenvalue weighted by molar-refractivity contribution is 6.33. The molecule has 2 aromatic carbocycles. The van der Waals surface area contributed by atoms with Crippen LogP contribution in [0.3, 0.4) is 0 Å². The van der Waals surface area contributed by atoms with Gasteiger partial charge in [0.15, 0.2) is 0 Å². The van der Waals surface area contributed by atoms with E-state index in [-0.39, 0.29) is 17.0 Å². The first kappa shape index (κ1) is 19.6. The van der Waals surface area contributed by atoms with Crippen LogP contribution in [0.15, 0.2) is 54.6 Å². The number of benzene rings is 2. The summed E-state index contributed by atoms with van der Waals surface area (Å²) in [7, 11) is 3.41. The van der Waals surface area contributed by atoms with E-state index in [9.17, 15) is 9.59 Å². The zero-order valence-electron chi connectivity index (χ0n) is 15.9. The summed E-state index contributed by atoms with van der Waals surface area (Å²) >= 11 is 6.42. The molecule has 3 rings (SSSR count). The van der Waals surface area contributed by atoms with Gasteiger partial charge in [0.25, 0.3) is 11.8 Å². The van der Waals surface area contributed by atoms with Gasteiger partial charge in [0.1, 0.15) is 5.15 Å². The molecule has 2 amide bonds. The predicted molar refractivity (Wildman–Crippen MR) is 109 cm³/mol. The molecule has 0 aliphatic carbocycles. The largest absolute Gasteiger partial charge is 0.348 e. The lowest BCUT2D eigenvalue weighted by Gasteiger charge is -2.11. The summed E-state index contributed by atoms with van der Waals surface area (Å²) in [6, 6.07) is 16.5. The van der Waals surface area contributed by atoms with Crippen molar-refractivity contribution in [3.05, 3.63) is 82.1 Å². The number of hydrogen-bond donors (Lipinski definition) is 1. The van der Waals surface area contributed by atoms with Crippen LogP contribution in [0.4, 0.5) is 0 Å². The number of amides is 2.